The summed E-state index contributed by atoms with van der Waals surface area (Å²) in [5, 5.41) is 5.49. The Hall–Kier alpha value is -2.81. The third-order valence-electron chi connectivity index (χ3n) is 4.20. The fourth-order valence-corrected chi connectivity index (χ4v) is 2.91. The van der Waals surface area contributed by atoms with Crippen LogP contribution in [0.5, 0.6) is 11.5 Å². The first kappa shape index (κ1) is 17.0. The van der Waals surface area contributed by atoms with Crippen molar-refractivity contribution >= 4 is 23.5 Å². The maximum absolute atomic E-state index is 12.3. The molecule has 1 aromatic carbocycles. The highest BCUT2D eigenvalue weighted by Crippen LogP contribution is 2.34. The maximum Gasteiger partial charge on any atom is 0.312 e. The third-order valence-corrected chi connectivity index (χ3v) is 4.20. The summed E-state index contributed by atoms with van der Waals surface area (Å²) in [6.45, 7) is 1.25. The third kappa shape index (κ3) is 4.00. The van der Waals surface area contributed by atoms with E-state index < -0.39 is 12.0 Å². The summed E-state index contributed by atoms with van der Waals surface area (Å²) in [6, 6.07) is 4.49. The van der Waals surface area contributed by atoms with E-state index in [9.17, 15) is 14.4 Å². The molecule has 1 saturated heterocycles. The van der Waals surface area contributed by atoms with Gasteiger partial charge in [-0.25, -0.2) is 0 Å². The van der Waals surface area contributed by atoms with Crippen LogP contribution in [0.2, 0.25) is 0 Å². The van der Waals surface area contributed by atoms with Crippen molar-refractivity contribution in [2.75, 3.05) is 38.9 Å². The Balaban J connectivity index is 1.62. The molecule has 0 radical (unpaired) electrons. The smallest absolute Gasteiger partial charge is 0.312 e. The molecule has 0 spiro atoms. The summed E-state index contributed by atoms with van der Waals surface area (Å²) < 4.78 is 15.1. The normalized spacial score (nSPS) is 21.4. The van der Waals surface area contributed by atoms with Crippen molar-refractivity contribution in [3.63, 3.8) is 0 Å². The minimum atomic E-state index is -0.635. The van der Waals surface area contributed by atoms with E-state index in [1.807, 2.05) is 0 Å². The number of anilines is 1. The molecule has 134 valence electrons. The minimum Gasteiger partial charge on any atom is -0.469 e. The lowest BCUT2D eigenvalue weighted by Crippen LogP contribution is -3.20. The van der Waals surface area contributed by atoms with Crippen molar-refractivity contribution in [2.45, 2.75) is 12.5 Å². The van der Waals surface area contributed by atoms with Crippen LogP contribution in [0.4, 0.5) is 5.69 Å². The zero-order valence-corrected chi connectivity index (χ0v) is 13.8. The molecule has 2 amide bonds. The molecule has 2 aliphatic heterocycles. The summed E-state index contributed by atoms with van der Waals surface area (Å²) in [5.41, 5.74) is 0.583. The van der Waals surface area contributed by atoms with Crippen molar-refractivity contribution < 1.29 is 33.5 Å². The standard InChI is InChI=1S/C16H19N3O6/c1-23-15(21)7-11-16(22)17-4-5-19(11)8-14(20)18-10-2-3-12-13(6-10)25-9-24-12/h2-3,6,11H,4-5,7-9H2,1H3,(H,17,22)(H,18,20)/p+1/t11-/m0/s1. The SMILES string of the molecule is COC(=O)C[C@H]1C(=O)NCC[NH+]1CC(=O)Nc1ccc2c(c1)OCO2. The van der Waals surface area contributed by atoms with E-state index in [0.29, 0.717) is 30.3 Å². The fourth-order valence-electron chi connectivity index (χ4n) is 2.91. The topological polar surface area (TPSA) is 107 Å². The van der Waals surface area contributed by atoms with Gasteiger partial charge in [0.25, 0.3) is 11.8 Å². The first-order valence-electron chi connectivity index (χ1n) is 7.95. The van der Waals surface area contributed by atoms with Crippen LogP contribution in [0.3, 0.4) is 0 Å². The summed E-state index contributed by atoms with van der Waals surface area (Å²) in [6.07, 6.45) is -0.0605. The van der Waals surface area contributed by atoms with E-state index in [1.165, 1.54) is 7.11 Å². The molecule has 3 N–H and O–H groups in total. The van der Waals surface area contributed by atoms with Crippen molar-refractivity contribution in [1.29, 1.82) is 0 Å². The van der Waals surface area contributed by atoms with E-state index in [2.05, 4.69) is 15.4 Å². The molecule has 1 fully saturated rings. The number of ether oxygens (including phenoxy) is 3. The number of rotatable bonds is 5. The summed E-state index contributed by atoms with van der Waals surface area (Å²) in [4.78, 5) is 36.6. The number of carbonyl (C=O) groups is 3. The molecule has 1 aromatic rings. The van der Waals surface area contributed by atoms with Gasteiger partial charge in [-0.05, 0) is 12.1 Å². The number of benzene rings is 1. The number of fused-ring (bicyclic) bond motifs is 1. The number of carbonyl (C=O) groups excluding carboxylic acids is 3. The van der Waals surface area contributed by atoms with Gasteiger partial charge in [0.15, 0.2) is 24.1 Å². The van der Waals surface area contributed by atoms with Gasteiger partial charge in [0.1, 0.15) is 6.42 Å². The van der Waals surface area contributed by atoms with Gasteiger partial charge < -0.3 is 29.7 Å². The van der Waals surface area contributed by atoms with Crippen LogP contribution in [-0.4, -0.2) is 57.4 Å². The number of esters is 1. The zero-order chi connectivity index (χ0) is 17.8. The maximum atomic E-state index is 12.3. The molecule has 3 rings (SSSR count). The highest BCUT2D eigenvalue weighted by molar-refractivity contribution is 5.92. The van der Waals surface area contributed by atoms with Crippen LogP contribution < -0.4 is 25.0 Å². The van der Waals surface area contributed by atoms with Crippen molar-refractivity contribution in [3.05, 3.63) is 18.2 Å². The molecule has 2 aliphatic rings. The largest absolute Gasteiger partial charge is 0.469 e. The van der Waals surface area contributed by atoms with Gasteiger partial charge in [0, 0.05) is 11.8 Å². The van der Waals surface area contributed by atoms with Crippen LogP contribution in [0.15, 0.2) is 18.2 Å². The van der Waals surface area contributed by atoms with E-state index in [-0.39, 0.29) is 31.6 Å². The van der Waals surface area contributed by atoms with Gasteiger partial charge in [-0.1, -0.05) is 0 Å². The van der Waals surface area contributed by atoms with Crippen molar-refractivity contribution in [1.82, 2.24) is 5.32 Å². The Morgan fingerprint density at radius 2 is 2.16 bits per heavy atom. The quantitative estimate of drug-likeness (QED) is 0.547. The van der Waals surface area contributed by atoms with Gasteiger partial charge >= 0.3 is 5.97 Å². The molecule has 0 bridgehead atoms. The Kier molecular flexibility index (Phi) is 5.03. The Bertz CT molecular complexity index is 692. The Morgan fingerprint density at radius 3 is 2.96 bits per heavy atom. The molecule has 2 atom stereocenters. The molecule has 0 aliphatic carbocycles. The van der Waals surface area contributed by atoms with Crippen LogP contribution in [0, 0.1) is 0 Å². The Labute approximate surface area is 144 Å². The summed E-state index contributed by atoms with van der Waals surface area (Å²) in [5.74, 6) is 0.234. The van der Waals surface area contributed by atoms with Crippen LogP contribution in [-0.2, 0) is 19.1 Å². The average Bonchev–Trinajstić information content (AvgIpc) is 3.05. The predicted molar refractivity (Wildman–Crippen MR) is 85.3 cm³/mol. The van der Waals surface area contributed by atoms with Gasteiger partial charge in [-0.2, -0.15) is 0 Å². The number of amides is 2. The van der Waals surface area contributed by atoms with Gasteiger partial charge in [-0.3, -0.25) is 14.4 Å². The second kappa shape index (κ2) is 7.39. The monoisotopic (exact) mass is 350 g/mol. The van der Waals surface area contributed by atoms with E-state index in [1.54, 1.807) is 18.2 Å². The fraction of sp³-hybridized carbons (Fsp3) is 0.438. The second-order valence-electron chi connectivity index (χ2n) is 5.83. The Morgan fingerprint density at radius 1 is 1.36 bits per heavy atom. The highest BCUT2D eigenvalue weighted by Gasteiger charge is 2.36. The van der Waals surface area contributed by atoms with Crippen LogP contribution in [0.1, 0.15) is 6.42 Å². The first-order valence-corrected chi connectivity index (χ1v) is 7.95. The zero-order valence-electron chi connectivity index (χ0n) is 13.8. The van der Waals surface area contributed by atoms with Gasteiger partial charge in [-0.15, -0.1) is 0 Å². The number of piperazine rings is 1. The average molecular weight is 350 g/mol. The molecule has 25 heavy (non-hydrogen) atoms. The number of quaternary nitrogens is 1. The first-order chi connectivity index (χ1) is 12.1. The second-order valence-corrected chi connectivity index (χ2v) is 5.83. The molecule has 1 unspecified atom stereocenters. The number of nitrogens with one attached hydrogen (secondary N) is 3. The van der Waals surface area contributed by atoms with Crippen molar-refractivity contribution in [3.8, 4) is 11.5 Å². The van der Waals surface area contributed by atoms with Crippen molar-refractivity contribution in [2.24, 2.45) is 0 Å². The predicted octanol–water partition coefficient (Wildman–Crippen LogP) is -1.70. The number of hydrogen-bond acceptors (Lipinski definition) is 6. The highest BCUT2D eigenvalue weighted by atomic mass is 16.7. The molecular formula is C16H20N3O6+. The van der Waals surface area contributed by atoms with E-state index >= 15 is 0 Å². The van der Waals surface area contributed by atoms with Gasteiger partial charge in [0.05, 0.1) is 20.2 Å². The lowest BCUT2D eigenvalue weighted by atomic mass is 10.1. The number of hydrogen-bond donors (Lipinski definition) is 3. The van der Waals surface area contributed by atoms with Crippen LogP contribution in [0.25, 0.3) is 0 Å². The molecule has 0 aromatic heterocycles. The summed E-state index contributed by atoms with van der Waals surface area (Å²) in [7, 11) is 1.27. The molecule has 9 heteroatoms. The molecule has 0 saturated carbocycles. The minimum absolute atomic E-state index is 0.0605. The van der Waals surface area contributed by atoms with Crippen LogP contribution >= 0.6 is 0 Å². The molecular weight excluding hydrogens is 330 g/mol. The lowest BCUT2D eigenvalue weighted by molar-refractivity contribution is -0.909. The van der Waals surface area contributed by atoms with Gasteiger partial charge in [0.2, 0.25) is 6.79 Å². The van der Waals surface area contributed by atoms with E-state index in [0.717, 1.165) is 4.90 Å². The molecule has 9 nitrogen and oxygen atoms in total. The summed E-state index contributed by atoms with van der Waals surface area (Å²) >= 11 is 0. The lowest BCUT2D eigenvalue weighted by Gasteiger charge is -2.30. The van der Waals surface area contributed by atoms with E-state index in [4.69, 9.17) is 9.47 Å². The number of methoxy groups -OCH3 is 1. The molecule has 2 heterocycles.